The van der Waals surface area contributed by atoms with E-state index in [-0.39, 0.29) is 0 Å². The summed E-state index contributed by atoms with van der Waals surface area (Å²) in [6.45, 7) is 5.29. The number of hydrogen-bond acceptors (Lipinski definition) is 3. The monoisotopic (exact) mass is 291 g/mol. The Morgan fingerprint density at radius 3 is 2.24 bits per heavy atom. The fraction of sp³-hybridized carbons (Fsp3) is 0.375. The minimum Gasteiger partial charge on any atom is -0.497 e. The van der Waals surface area contributed by atoms with Crippen molar-refractivity contribution in [2.75, 3.05) is 7.11 Å². The van der Waals surface area contributed by atoms with Crippen molar-refractivity contribution in [2.45, 2.75) is 26.8 Å². The molecule has 1 amide bonds. The molecular weight excluding hydrogens is 270 g/mol. The summed E-state index contributed by atoms with van der Waals surface area (Å²) in [5.41, 5.74) is 0.267. The van der Waals surface area contributed by atoms with E-state index in [4.69, 9.17) is 9.84 Å². The van der Waals surface area contributed by atoms with E-state index >= 15 is 0 Å². The summed E-state index contributed by atoms with van der Waals surface area (Å²) >= 11 is 0. The Morgan fingerprint density at radius 1 is 1.24 bits per heavy atom. The van der Waals surface area contributed by atoms with Crippen LogP contribution < -0.4 is 10.1 Å². The van der Waals surface area contributed by atoms with Crippen molar-refractivity contribution in [1.29, 1.82) is 0 Å². The number of hydrogen-bond donors (Lipinski definition) is 2. The van der Waals surface area contributed by atoms with Crippen LogP contribution in [0.4, 0.5) is 0 Å². The lowest BCUT2D eigenvalue weighted by Crippen LogP contribution is -2.48. The molecule has 5 heteroatoms. The van der Waals surface area contributed by atoms with Gasteiger partial charge in [-0.3, -0.25) is 4.79 Å². The first-order valence-corrected chi connectivity index (χ1v) is 6.59. The van der Waals surface area contributed by atoms with E-state index in [1.165, 1.54) is 6.08 Å². The second-order valence-electron chi connectivity index (χ2n) is 5.75. The predicted molar refractivity (Wildman–Crippen MR) is 81.0 cm³/mol. The third kappa shape index (κ3) is 5.30. The minimum atomic E-state index is -1.05. The molecule has 2 N–H and O–H groups in total. The van der Waals surface area contributed by atoms with Gasteiger partial charge in [-0.1, -0.05) is 32.9 Å². The summed E-state index contributed by atoms with van der Waals surface area (Å²) in [5.74, 6) is -0.753. The molecule has 1 rings (SSSR count). The zero-order valence-corrected chi connectivity index (χ0v) is 12.7. The second kappa shape index (κ2) is 6.92. The smallest absolute Gasteiger partial charge is 0.326 e. The highest BCUT2D eigenvalue weighted by Gasteiger charge is 2.31. The van der Waals surface area contributed by atoms with Gasteiger partial charge in [0.15, 0.2) is 0 Å². The molecule has 0 heterocycles. The molecule has 0 aliphatic carbocycles. The van der Waals surface area contributed by atoms with Crippen LogP contribution in [0.1, 0.15) is 26.3 Å². The number of rotatable bonds is 5. The van der Waals surface area contributed by atoms with Gasteiger partial charge in [0.1, 0.15) is 11.8 Å². The van der Waals surface area contributed by atoms with Crippen LogP contribution in [0.15, 0.2) is 30.3 Å². The van der Waals surface area contributed by atoms with Gasteiger partial charge in [-0.25, -0.2) is 4.79 Å². The third-order valence-electron chi connectivity index (χ3n) is 2.94. The molecule has 114 valence electrons. The molecule has 1 aromatic carbocycles. The largest absolute Gasteiger partial charge is 0.497 e. The summed E-state index contributed by atoms with van der Waals surface area (Å²) in [6, 6.07) is 6.24. The fourth-order valence-corrected chi connectivity index (χ4v) is 1.73. The number of aliphatic carboxylic acids is 1. The molecule has 0 bridgehead atoms. The average Bonchev–Trinajstić information content (AvgIpc) is 2.41. The Kier molecular flexibility index (Phi) is 5.52. The molecular formula is C16H21NO4. The lowest BCUT2D eigenvalue weighted by Gasteiger charge is -2.27. The maximum Gasteiger partial charge on any atom is 0.326 e. The first kappa shape index (κ1) is 16.8. The van der Waals surface area contributed by atoms with Crippen molar-refractivity contribution in [2.24, 2.45) is 5.41 Å². The Morgan fingerprint density at radius 2 is 1.81 bits per heavy atom. The van der Waals surface area contributed by atoms with Crippen LogP contribution in [0.5, 0.6) is 5.75 Å². The standard InChI is InChI=1S/C16H21NO4/c1-16(2,3)14(15(19)20)17-13(18)10-7-11-5-8-12(21-4)9-6-11/h5-10,14H,1-4H3,(H,17,18)(H,19,20)/b10-7+/t14-/m1/s1. The summed E-state index contributed by atoms with van der Waals surface area (Å²) in [5, 5.41) is 11.6. The highest BCUT2D eigenvalue weighted by atomic mass is 16.5. The summed E-state index contributed by atoms with van der Waals surface area (Å²) in [7, 11) is 1.58. The Labute approximate surface area is 124 Å². The third-order valence-corrected chi connectivity index (χ3v) is 2.94. The fourth-order valence-electron chi connectivity index (χ4n) is 1.73. The van der Waals surface area contributed by atoms with Gasteiger partial charge < -0.3 is 15.2 Å². The van der Waals surface area contributed by atoms with Crippen LogP contribution in [0.25, 0.3) is 6.08 Å². The van der Waals surface area contributed by atoms with E-state index < -0.39 is 23.3 Å². The van der Waals surface area contributed by atoms with Gasteiger partial charge in [0.25, 0.3) is 0 Å². The Bertz CT molecular complexity index is 526. The normalized spacial score (nSPS) is 13.0. The van der Waals surface area contributed by atoms with E-state index in [0.717, 1.165) is 11.3 Å². The first-order chi connectivity index (χ1) is 9.74. The topological polar surface area (TPSA) is 75.6 Å². The first-order valence-electron chi connectivity index (χ1n) is 6.59. The van der Waals surface area contributed by atoms with E-state index in [1.54, 1.807) is 58.2 Å². The molecule has 0 saturated carbocycles. The van der Waals surface area contributed by atoms with Gasteiger partial charge in [-0.15, -0.1) is 0 Å². The number of carboxylic acids is 1. The lowest BCUT2D eigenvalue weighted by atomic mass is 9.87. The number of carboxylic acid groups (broad SMARTS) is 1. The molecule has 1 atom stereocenters. The molecule has 0 aliphatic rings. The number of carbonyl (C=O) groups excluding carboxylic acids is 1. The molecule has 1 aromatic rings. The zero-order chi connectivity index (χ0) is 16.0. The lowest BCUT2D eigenvalue weighted by molar-refractivity contribution is -0.144. The van der Waals surface area contributed by atoms with Crippen LogP contribution in [0.3, 0.4) is 0 Å². The van der Waals surface area contributed by atoms with Crippen molar-refractivity contribution in [1.82, 2.24) is 5.32 Å². The van der Waals surface area contributed by atoms with Crippen LogP contribution >= 0.6 is 0 Å². The molecule has 21 heavy (non-hydrogen) atoms. The van der Waals surface area contributed by atoms with Gasteiger partial charge in [0.2, 0.25) is 5.91 Å². The maximum atomic E-state index is 11.8. The van der Waals surface area contributed by atoms with Crippen LogP contribution in [-0.4, -0.2) is 30.1 Å². The molecule has 0 aromatic heterocycles. The van der Waals surface area contributed by atoms with E-state index in [9.17, 15) is 9.59 Å². The Hall–Kier alpha value is -2.30. The number of nitrogens with one attached hydrogen (secondary N) is 1. The van der Waals surface area contributed by atoms with Crippen LogP contribution in [0, 0.1) is 5.41 Å². The average molecular weight is 291 g/mol. The summed E-state index contributed by atoms with van der Waals surface area (Å²) in [6.07, 6.45) is 2.94. The van der Waals surface area contributed by atoms with Gasteiger partial charge in [0, 0.05) is 6.08 Å². The number of ether oxygens (including phenoxy) is 1. The molecule has 5 nitrogen and oxygen atoms in total. The van der Waals surface area contributed by atoms with E-state index in [1.807, 2.05) is 0 Å². The molecule has 0 saturated heterocycles. The number of benzene rings is 1. The highest BCUT2D eigenvalue weighted by Crippen LogP contribution is 2.19. The molecule has 0 fully saturated rings. The van der Waals surface area contributed by atoms with Crippen molar-refractivity contribution in [3.8, 4) is 5.75 Å². The van der Waals surface area contributed by atoms with Crippen molar-refractivity contribution >= 4 is 18.0 Å². The van der Waals surface area contributed by atoms with E-state index in [2.05, 4.69) is 5.32 Å². The second-order valence-corrected chi connectivity index (χ2v) is 5.75. The van der Waals surface area contributed by atoms with Crippen molar-refractivity contribution in [3.63, 3.8) is 0 Å². The van der Waals surface area contributed by atoms with Crippen LogP contribution in [-0.2, 0) is 9.59 Å². The number of amides is 1. The van der Waals surface area contributed by atoms with Crippen LogP contribution in [0.2, 0.25) is 0 Å². The molecule has 0 radical (unpaired) electrons. The Balaban J connectivity index is 2.71. The van der Waals surface area contributed by atoms with Gasteiger partial charge >= 0.3 is 5.97 Å². The molecule has 0 spiro atoms. The quantitative estimate of drug-likeness (QED) is 0.816. The van der Waals surface area contributed by atoms with Gasteiger partial charge in [0.05, 0.1) is 7.11 Å². The number of methoxy groups -OCH3 is 1. The highest BCUT2D eigenvalue weighted by molar-refractivity contribution is 5.94. The molecule has 0 unspecified atom stereocenters. The molecule has 0 aliphatic heterocycles. The zero-order valence-electron chi connectivity index (χ0n) is 12.7. The van der Waals surface area contributed by atoms with Gasteiger partial charge in [-0.2, -0.15) is 0 Å². The minimum absolute atomic E-state index is 0.437. The summed E-state index contributed by atoms with van der Waals surface area (Å²) in [4.78, 5) is 23.0. The number of carbonyl (C=O) groups is 2. The SMILES string of the molecule is COc1ccc(/C=C/C(=O)N[C@H](C(=O)O)C(C)(C)C)cc1. The van der Waals surface area contributed by atoms with E-state index in [0.29, 0.717) is 0 Å². The van der Waals surface area contributed by atoms with Crippen molar-refractivity contribution < 1.29 is 19.4 Å². The van der Waals surface area contributed by atoms with Crippen molar-refractivity contribution in [3.05, 3.63) is 35.9 Å². The predicted octanol–water partition coefficient (Wildman–Crippen LogP) is 2.32. The van der Waals surface area contributed by atoms with Gasteiger partial charge in [-0.05, 0) is 29.2 Å². The maximum absolute atomic E-state index is 11.8. The summed E-state index contributed by atoms with van der Waals surface area (Å²) < 4.78 is 5.04.